The number of rotatable bonds is 4. The van der Waals surface area contributed by atoms with E-state index in [1.54, 1.807) is 10.7 Å². The van der Waals surface area contributed by atoms with Crippen molar-refractivity contribution in [3.8, 4) is 11.1 Å². The summed E-state index contributed by atoms with van der Waals surface area (Å²) >= 11 is 0. The summed E-state index contributed by atoms with van der Waals surface area (Å²) in [5.74, 6) is 0.807. The zero-order valence-electron chi connectivity index (χ0n) is 17.3. The zero-order chi connectivity index (χ0) is 21.1. The Morgan fingerprint density at radius 3 is 2.57 bits per heavy atom. The summed E-state index contributed by atoms with van der Waals surface area (Å²) in [7, 11) is 1.83. The van der Waals surface area contributed by atoms with E-state index in [1.807, 2.05) is 67.4 Å². The number of ether oxygens (including phenoxy) is 1. The molecule has 0 aliphatic carbocycles. The van der Waals surface area contributed by atoms with Crippen molar-refractivity contribution in [3.63, 3.8) is 0 Å². The third-order valence-electron chi connectivity index (χ3n) is 5.46. The summed E-state index contributed by atoms with van der Waals surface area (Å²) < 4.78 is 21.9. The molecule has 7 heteroatoms. The lowest BCUT2D eigenvalue weighted by molar-refractivity contribution is 0.0675. The van der Waals surface area contributed by atoms with Gasteiger partial charge < -0.3 is 15.4 Å². The first-order valence-corrected chi connectivity index (χ1v) is 10.1. The van der Waals surface area contributed by atoms with Crippen LogP contribution < -0.4 is 5.73 Å². The lowest BCUT2D eigenvalue weighted by Crippen LogP contribution is -2.44. The summed E-state index contributed by atoms with van der Waals surface area (Å²) in [6.07, 6.45) is 0. The molecular formula is C23H26FN5O. The van der Waals surface area contributed by atoms with E-state index in [9.17, 15) is 4.39 Å². The molecule has 1 fully saturated rings. The fourth-order valence-electron chi connectivity index (χ4n) is 3.60. The highest BCUT2D eigenvalue weighted by atomic mass is 19.1. The van der Waals surface area contributed by atoms with Crippen molar-refractivity contribution in [1.29, 1.82) is 0 Å². The number of benzene rings is 2. The molecule has 1 aliphatic rings. The molecule has 1 unspecified atom stereocenters. The number of hydrogen-bond acceptors (Lipinski definition) is 3. The molecule has 0 spiro atoms. The van der Waals surface area contributed by atoms with Gasteiger partial charge in [-0.05, 0) is 17.2 Å². The summed E-state index contributed by atoms with van der Waals surface area (Å²) in [6.45, 7) is 4.76. The number of hydrogen-bond donors (Lipinski definition) is 1. The van der Waals surface area contributed by atoms with Crippen molar-refractivity contribution >= 4 is 11.8 Å². The Morgan fingerprint density at radius 1 is 1.13 bits per heavy atom. The minimum atomic E-state index is -0.240. The van der Waals surface area contributed by atoms with Gasteiger partial charge in [-0.3, -0.25) is 4.68 Å². The quantitative estimate of drug-likeness (QED) is 0.529. The highest BCUT2D eigenvalue weighted by molar-refractivity contribution is 5.80. The Morgan fingerprint density at radius 2 is 1.87 bits per heavy atom. The van der Waals surface area contributed by atoms with E-state index in [0.717, 1.165) is 29.9 Å². The number of morpholine rings is 1. The number of aromatic nitrogens is 2. The van der Waals surface area contributed by atoms with Crippen LogP contribution in [0, 0.1) is 5.82 Å². The zero-order valence-corrected chi connectivity index (χ0v) is 17.3. The van der Waals surface area contributed by atoms with Crippen molar-refractivity contribution in [1.82, 2.24) is 14.7 Å². The van der Waals surface area contributed by atoms with Gasteiger partial charge in [-0.2, -0.15) is 10.1 Å². The molecule has 1 atom stereocenters. The molecule has 2 aromatic carbocycles. The number of nitrogens with two attached hydrogens (primary N) is 1. The largest absolute Gasteiger partial charge is 0.378 e. The standard InChI is InChI=1S/C23H26FN5O/c1-16(18-8-9-19(20(24)14-18)17-6-4-3-5-7-17)21-15-22(28(2)27-21)26-23(25)29-10-12-30-13-11-29/h3-9,14-16H,10-13H2,1-2H3,(H2,25,26). The van der Waals surface area contributed by atoms with Gasteiger partial charge >= 0.3 is 0 Å². The smallest absolute Gasteiger partial charge is 0.198 e. The fraction of sp³-hybridized carbons (Fsp3) is 0.304. The fourth-order valence-corrected chi connectivity index (χ4v) is 3.60. The minimum Gasteiger partial charge on any atom is -0.378 e. The van der Waals surface area contributed by atoms with Crippen LogP contribution in [0.25, 0.3) is 11.1 Å². The third-order valence-corrected chi connectivity index (χ3v) is 5.46. The number of nitrogens with zero attached hydrogens (tertiary/aromatic N) is 4. The van der Waals surface area contributed by atoms with Gasteiger partial charge in [0.25, 0.3) is 0 Å². The van der Waals surface area contributed by atoms with Crippen molar-refractivity contribution in [2.45, 2.75) is 12.8 Å². The van der Waals surface area contributed by atoms with Crippen molar-refractivity contribution < 1.29 is 9.13 Å². The van der Waals surface area contributed by atoms with Crippen molar-refractivity contribution in [2.75, 3.05) is 26.3 Å². The molecule has 0 bridgehead atoms. The van der Waals surface area contributed by atoms with Crippen molar-refractivity contribution in [2.24, 2.45) is 17.8 Å². The first kappa shape index (κ1) is 20.1. The predicted molar refractivity (Wildman–Crippen MR) is 116 cm³/mol. The van der Waals surface area contributed by atoms with Gasteiger partial charge in [0.2, 0.25) is 0 Å². The van der Waals surface area contributed by atoms with Crippen molar-refractivity contribution in [3.05, 3.63) is 71.7 Å². The van der Waals surface area contributed by atoms with Crippen LogP contribution in [0.5, 0.6) is 0 Å². The van der Waals surface area contributed by atoms with E-state index in [1.165, 1.54) is 0 Å². The molecule has 3 aromatic rings. The van der Waals surface area contributed by atoms with Crippen LogP contribution in [-0.4, -0.2) is 46.9 Å². The normalized spacial score (nSPS) is 16.0. The molecule has 6 nitrogen and oxygen atoms in total. The molecule has 30 heavy (non-hydrogen) atoms. The molecule has 1 saturated heterocycles. The highest BCUT2D eigenvalue weighted by Gasteiger charge is 2.18. The number of aliphatic imine (C=N–C) groups is 1. The van der Waals surface area contributed by atoms with Gasteiger partial charge in [0.1, 0.15) is 5.82 Å². The number of halogens is 1. The van der Waals surface area contributed by atoms with Gasteiger partial charge in [0, 0.05) is 37.7 Å². The van der Waals surface area contributed by atoms with E-state index < -0.39 is 0 Å². The molecular weight excluding hydrogens is 381 g/mol. The molecule has 0 saturated carbocycles. The maximum atomic E-state index is 14.8. The first-order valence-electron chi connectivity index (χ1n) is 10.1. The molecule has 0 amide bonds. The van der Waals surface area contributed by atoms with Crippen LogP contribution in [0.3, 0.4) is 0 Å². The molecule has 1 aromatic heterocycles. The number of guanidine groups is 1. The second-order valence-electron chi connectivity index (χ2n) is 7.45. The predicted octanol–water partition coefficient (Wildman–Crippen LogP) is 3.66. The Kier molecular flexibility index (Phi) is 5.81. The van der Waals surface area contributed by atoms with Crippen LogP contribution in [0.2, 0.25) is 0 Å². The molecule has 2 N–H and O–H groups in total. The van der Waals surface area contributed by atoms with Gasteiger partial charge in [-0.25, -0.2) is 4.39 Å². The Labute approximate surface area is 175 Å². The molecule has 156 valence electrons. The van der Waals surface area contributed by atoms with E-state index in [2.05, 4.69) is 10.1 Å². The second kappa shape index (κ2) is 8.67. The Balaban J connectivity index is 1.56. The lowest BCUT2D eigenvalue weighted by Gasteiger charge is -2.27. The Hall–Kier alpha value is -3.19. The van der Waals surface area contributed by atoms with E-state index in [0.29, 0.717) is 30.6 Å². The van der Waals surface area contributed by atoms with Gasteiger partial charge in [0.05, 0.1) is 18.9 Å². The monoisotopic (exact) mass is 407 g/mol. The first-order chi connectivity index (χ1) is 14.5. The average molecular weight is 407 g/mol. The summed E-state index contributed by atoms with van der Waals surface area (Å²) in [4.78, 5) is 6.54. The summed E-state index contributed by atoms with van der Waals surface area (Å²) in [6, 6.07) is 16.8. The van der Waals surface area contributed by atoms with E-state index in [4.69, 9.17) is 10.5 Å². The maximum absolute atomic E-state index is 14.8. The summed E-state index contributed by atoms with van der Waals surface area (Å²) in [5, 5.41) is 4.58. The third kappa shape index (κ3) is 4.21. The van der Waals surface area contributed by atoms with E-state index in [-0.39, 0.29) is 11.7 Å². The van der Waals surface area contributed by atoms with Crippen LogP contribution in [-0.2, 0) is 11.8 Å². The summed E-state index contributed by atoms with van der Waals surface area (Å²) in [5.41, 5.74) is 9.30. The van der Waals surface area contributed by atoms with Crippen LogP contribution in [0.15, 0.2) is 59.6 Å². The number of aryl methyl sites for hydroxylation is 1. The van der Waals surface area contributed by atoms with E-state index >= 15 is 0 Å². The van der Waals surface area contributed by atoms with Gasteiger partial charge in [-0.15, -0.1) is 0 Å². The van der Waals surface area contributed by atoms with Gasteiger partial charge in [0.15, 0.2) is 11.8 Å². The Bertz CT molecular complexity index is 1040. The molecule has 1 aliphatic heterocycles. The van der Waals surface area contributed by atoms with Gasteiger partial charge in [-0.1, -0.05) is 49.4 Å². The second-order valence-corrected chi connectivity index (χ2v) is 7.45. The lowest BCUT2D eigenvalue weighted by atomic mass is 9.95. The maximum Gasteiger partial charge on any atom is 0.198 e. The van der Waals surface area contributed by atoms with Crippen LogP contribution in [0.4, 0.5) is 10.2 Å². The molecule has 4 rings (SSSR count). The molecule has 0 radical (unpaired) electrons. The highest BCUT2D eigenvalue weighted by Crippen LogP contribution is 2.30. The SMILES string of the molecule is CC(c1ccc(-c2ccccc2)c(F)c1)c1cc(N=C(N)N2CCOCC2)n(C)n1. The van der Waals surface area contributed by atoms with Crippen LogP contribution in [0.1, 0.15) is 24.1 Å². The van der Waals surface area contributed by atoms with Crippen LogP contribution >= 0.6 is 0 Å². The minimum absolute atomic E-state index is 0.0796. The topological polar surface area (TPSA) is 68.7 Å². The molecule has 2 heterocycles. The average Bonchev–Trinajstić information content (AvgIpc) is 3.14.